The van der Waals surface area contributed by atoms with Gasteiger partial charge in [-0.05, 0) is 6.07 Å². The van der Waals surface area contributed by atoms with E-state index in [-0.39, 0.29) is 17.6 Å². The average Bonchev–Trinajstić information content (AvgIpc) is 2.31. The number of hydrogen-bond acceptors (Lipinski definition) is 6. The molecule has 0 aliphatic rings. The number of nitrogens with two attached hydrogens (primary N) is 2. The van der Waals surface area contributed by atoms with Crippen LogP contribution in [0.15, 0.2) is 36.9 Å². The average molecular weight is 243 g/mol. The molecule has 0 saturated heterocycles. The lowest BCUT2D eigenvalue weighted by molar-refractivity contribution is 0.467. The molecule has 0 fully saturated rings. The van der Waals surface area contributed by atoms with Crippen LogP contribution in [-0.4, -0.2) is 20.1 Å². The van der Waals surface area contributed by atoms with Crippen molar-refractivity contribution in [3.05, 3.63) is 48.3 Å². The highest BCUT2D eigenvalue weighted by molar-refractivity contribution is 5.42. The van der Waals surface area contributed by atoms with Gasteiger partial charge in [-0.2, -0.15) is 15.0 Å². The number of nitrogen functional groups attached to an aromatic ring is 2. The molecule has 5 N–H and O–H groups in total. The normalized spacial score (nSPS) is 12.0. The van der Waals surface area contributed by atoms with E-state index < -0.39 is 5.92 Å². The third-order valence-corrected chi connectivity index (χ3v) is 2.47. The minimum atomic E-state index is -0.390. The molecular formula is C12H13N5O. The fourth-order valence-corrected chi connectivity index (χ4v) is 1.69. The van der Waals surface area contributed by atoms with Crippen molar-refractivity contribution in [3.8, 4) is 5.75 Å². The van der Waals surface area contributed by atoms with Crippen molar-refractivity contribution >= 4 is 11.9 Å². The number of nitrogens with zero attached hydrogens (tertiary/aromatic N) is 3. The van der Waals surface area contributed by atoms with Gasteiger partial charge in [-0.25, -0.2) is 0 Å². The molecule has 0 amide bonds. The van der Waals surface area contributed by atoms with Crippen LogP contribution in [0.4, 0.5) is 11.9 Å². The van der Waals surface area contributed by atoms with Gasteiger partial charge in [-0.3, -0.25) is 0 Å². The lowest BCUT2D eigenvalue weighted by atomic mass is 9.97. The van der Waals surface area contributed by atoms with Crippen molar-refractivity contribution in [1.82, 2.24) is 15.0 Å². The minimum Gasteiger partial charge on any atom is -0.508 e. The van der Waals surface area contributed by atoms with Gasteiger partial charge in [-0.1, -0.05) is 24.3 Å². The number of phenolic OH excluding ortho intramolecular Hbond substituents is 1. The highest BCUT2D eigenvalue weighted by Crippen LogP contribution is 2.30. The van der Waals surface area contributed by atoms with Crippen LogP contribution in [0.5, 0.6) is 5.75 Å². The number of phenols is 1. The van der Waals surface area contributed by atoms with Gasteiger partial charge in [0.05, 0.1) is 5.92 Å². The highest BCUT2D eigenvalue weighted by atomic mass is 16.3. The Morgan fingerprint density at radius 3 is 2.28 bits per heavy atom. The van der Waals surface area contributed by atoms with Crippen LogP contribution >= 0.6 is 0 Å². The summed E-state index contributed by atoms with van der Waals surface area (Å²) >= 11 is 0. The summed E-state index contributed by atoms with van der Waals surface area (Å²) < 4.78 is 0. The summed E-state index contributed by atoms with van der Waals surface area (Å²) in [7, 11) is 0. The number of anilines is 2. The molecule has 1 aromatic carbocycles. The second-order valence-electron chi connectivity index (χ2n) is 3.68. The summed E-state index contributed by atoms with van der Waals surface area (Å²) in [5.41, 5.74) is 11.7. The van der Waals surface area contributed by atoms with E-state index >= 15 is 0 Å². The first kappa shape index (κ1) is 11.8. The van der Waals surface area contributed by atoms with E-state index in [1.807, 2.05) is 0 Å². The Bertz CT molecular complexity index is 564. The first-order valence-corrected chi connectivity index (χ1v) is 5.29. The van der Waals surface area contributed by atoms with Gasteiger partial charge in [0.2, 0.25) is 11.9 Å². The monoisotopic (exact) mass is 243 g/mol. The van der Waals surface area contributed by atoms with E-state index in [1.165, 1.54) is 0 Å². The molecule has 0 aliphatic carbocycles. The third-order valence-electron chi connectivity index (χ3n) is 2.47. The third kappa shape index (κ3) is 2.22. The van der Waals surface area contributed by atoms with E-state index in [0.717, 1.165) is 0 Å². The van der Waals surface area contributed by atoms with Crippen molar-refractivity contribution in [3.63, 3.8) is 0 Å². The lowest BCUT2D eigenvalue weighted by Crippen LogP contribution is -2.10. The zero-order chi connectivity index (χ0) is 13.1. The predicted octanol–water partition coefficient (Wildman–Crippen LogP) is 1.06. The summed E-state index contributed by atoms with van der Waals surface area (Å²) in [5.74, 6) is 0.190. The maximum absolute atomic E-state index is 9.83. The summed E-state index contributed by atoms with van der Waals surface area (Å²) in [6.45, 7) is 3.72. The molecule has 0 bridgehead atoms. The van der Waals surface area contributed by atoms with Crippen LogP contribution in [0.25, 0.3) is 0 Å². The Kier molecular flexibility index (Phi) is 3.09. The van der Waals surface area contributed by atoms with Crippen molar-refractivity contribution in [2.24, 2.45) is 0 Å². The van der Waals surface area contributed by atoms with E-state index in [2.05, 4.69) is 21.5 Å². The first-order valence-electron chi connectivity index (χ1n) is 5.29. The molecule has 1 heterocycles. The molecule has 6 heteroatoms. The number of benzene rings is 1. The molecule has 1 aromatic heterocycles. The van der Waals surface area contributed by atoms with Crippen LogP contribution in [0, 0.1) is 0 Å². The molecule has 0 saturated carbocycles. The molecule has 18 heavy (non-hydrogen) atoms. The number of allylic oxidation sites excluding steroid dienone is 1. The second-order valence-corrected chi connectivity index (χ2v) is 3.68. The van der Waals surface area contributed by atoms with Crippen LogP contribution in [0.3, 0.4) is 0 Å². The quantitative estimate of drug-likeness (QED) is 0.695. The number of aromatic hydroxyl groups is 1. The SMILES string of the molecule is C=CC(c1nc(N)nc(N)n1)c1ccccc1O. The number of hydrogen-bond donors (Lipinski definition) is 3. The summed E-state index contributed by atoms with van der Waals surface area (Å²) in [5, 5.41) is 9.83. The van der Waals surface area contributed by atoms with Gasteiger partial charge in [0.15, 0.2) is 0 Å². The Morgan fingerprint density at radius 1 is 1.11 bits per heavy atom. The zero-order valence-electron chi connectivity index (χ0n) is 9.61. The van der Waals surface area contributed by atoms with Gasteiger partial charge in [0.1, 0.15) is 11.6 Å². The van der Waals surface area contributed by atoms with Gasteiger partial charge >= 0.3 is 0 Å². The van der Waals surface area contributed by atoms with E-state index in [0.29, 0.717) is 11.4 Å². The van der Waals surface area contributed by atoms with Gasteiger partial charge < -0.3 is 16.6 Å². The Labute approximate surface area is 104 Å². The van der Waals surface area contributed by atoms with Gasteiger partial charge in [0.25, 0.3) is 0 Å². The molecule has 0 spiro atoms. The largest absolute Gasteiger partial charge is 0.508 e. The summed E-state index contributed by atoms with van der Waals surface area (Å²) in [4.78, 5) is 11.7. The molecule has 0 radical (unpaired) electrons. The Hall–Kier alpha value is -2.63. The van der Waals surface area contributed by atoms with Crippen LogP contribution in [-0.2, 0) is 0 Å². The fourth-order valence-electron chi connectivity index (χ4n) is 1.69. The van der Waals surface area contributed by atoms with Crippen LogP contribution in [0.1, 0.15) is 17.3 Å². The van der Waals surface area contributed by atoms with Crippen molar-refractivity contribution in [2.75, 3.05) is 11.5 Å². The Balaban J connectivity index is 2.52. The van der Waals surface area contributed by atoms with Gasteiger partial charge in [0, 0.05) is 5.56 Å². The first-order chi connectivity index (χ1) is 8.61. The molecule has 0 aliphatic heterocycles. The smallest absolute Gasteiger partial charge is 0.225 e. The molecule has 2 rings (SSSR count). The van der Waals surface area contributed by atoms with Gasteiger partial charge in [-0.15, -0.1) is 6.58 Å². The topological polar surface area (TPSA) is 111 Å². The number of aromatic nitrogens is 3. The maximum atomic E-state index is 9.83. The van der Waals surface area contributed by atoms with Crippen molar-refractivity contribution in [2.45, 2.75) is 5.92 Å². The van der Waals surface area contributed by atoms with E-state index in [4.69, 9.17) is 11.5 Å². The molecule has 92 valence electrons. The van der Waals surface area contributed by atoms with Crippen LogP contribution < -0.4 is 11.5 Å². The summed E-state index contributed by atoms with van der Waals surface area (Å²) in [6.07, 6.45) is 1.61. The predicted molar refractivity (Wildman–Crippen MR) is 68.8 cm³/mol. The Morgan fingerprint density at radius 2 is 1.72 bits per heavy atom. The molecule has 1 atom stereocenters. The lowest BCUT2D eigenvalue weighted by Gasteiger charge is -2.13. The van der Waals surface area contributed by atoms with Crippen molar-refractivity contribution < 1.29 is 5.11 Å². The molecule has 1 unspecified atom stereocenters. The van der Waals surface area contributed by atoms with Crippen molar-refractivity contribution in [1.29, 1.82) is 0 Å². The van der Waals surface area contributed by atoms with E-state index in [1.54, 1.807) is 30.3 Å². The molecule has 2 aromatic rings. The number of para-hydroxylation sites is 1. The standard InChI is InChI=1S/C12H13N5O/c1-2-7(8-5-3-4-6-9(8)18)10-15-11(13)17-12(14)16-10/h2-7,18H,1H2,(H4,13,14,15,16,17). The number of rotatable bonds is 3. The van der Waals surface area contributed by atoms with Crippen LogP contribution in [0.2, 0.25) is 0 Å². The summed E-state index contributed by atoms with van der Waals surface area (Å²) in [6, 6.07) is 6.88. The van der Waals surface area contributed by atoms with E-state index in [9.17, 15) is 5.11 Å². The minimum absolute atomic E-state index is 0.0415. The fraction of sp³-hybridized carbons (Fsp3) is 0.0833. The molecule has 6 nitrogen and oxygen atoms in total. The second kappa shape index (κ2) is 4.70. The molecular weight excluding hydrogens is 230 g/mol. The zero-order valence-corrected chi connectivity index (χ0v) is 9.61. The highest BCUT2D eigenvalue weighted by Gasteiger charge is 2.18. The maximum Gasteiger partial charge on any atom is 0.225 e.